The second-order valence-corrected chi connectivity index (χ2v) is 4.87. The summed E-state index contributed by atoms with van der Waals surface area (Å²) in [4.78, 5) is 22.0. The summed E-state index contributed by atoms with van der Waals surface area (Å²) in [6.07, 6.45) is 0. The van der Waals surface area contributed by atoms with Gasteiger partial charge in [-0.3, -0.25) is 9.59 Å². The summed E-state index contributed by atoms with van der Waals surface area (Å²) >= 11 is 1.49. The molecule has 0 spiro atoms. The van der Waals surface area contributed by atoms with Crippen LogP contribution in [0.3, 0.4) is 0 Å². The van der Waals surface area contributed by atoms with E-state index in [0.29, 0.717) is 11.3 Å². The van der Waals surface area contributed by atoms with Crippen LogP contribution >= 0.6 is 11.8 Å². The highest BCUT2D eigenvalue weighted by molar-refractivity contribution is 7.99. The average Bonchev–Trinajstić information content (AvgIpc) is 2.35. The van der Waals surface area contributed by atoms with E-state index in [1.54, 1.807) is 19.1 Å². The number of carbonyl (C=O) groups excluding carboxylic acids is 2. The van der Waals surface area contributed by atoms with Crippen molar-refractivity contribution in [2.45, 2.75) is 17.9 Å². The van der Waals surface area contributed by atoms with E-state index in [9.17, 15) is 9.59 Å². The number of methoxy groups -OCH3 is 1. The molecule has 0 aromatic heterocycles. The largest absolute Gasteiger partial charge is 0.468 e. The fourth-order valence-corrected chi connectivity index (χ4v) is 2.09. The van der Waals surface area contributed by atoms with Gasteiger partial charge in [-0.05, 0) is 24.6 Å². The summed E-state index contributed by atoms with van der Waals surface area (Å²) in [5, 5.41) is -0.198. The topological polar surface area (TPSA) is 69.4 Å². The van der Waals surface area contributed by atoms with Crippen molar-refractivity contribution in [3.05, 3.63) is 35.4 Å². The first-order valence-corrected chi connectivity index (χ1v) is 6.17. The molecule has 0 bridgehead atoms. The Labute approximate surface area is 105 Å². The first kappa shape index (κ1) is 13.6. The predicted octanol–water partition coefficient (Wildman–Crippen LogP) is 1.58. The third-order valence-corrected chi connectivity index (χ3v) is 3.46. The van der Waals surface area contributed by atoms with Gasteiger partial charge < -0.3 is 10.5 Å². The molecule has 17 heavy (non-hydrogen) atoms. The number of thioether (sulfide) groups is 1. The molecule has 1 rings (SSSR count). The maximum Gasteiger partial charge on any atom is 0.318 e. The summed E-state index contributed by atoms with van der Waals surface area (Å²) in [6, 6.07) is 7.02. The van der Waals surface area contributed by atoms with Gasteiger partial charge in [0.15, 0.2) is 0 Å². The molecule has 0 aliphatic carbocycles. The van der Waals surface area contributed by atoms with E-state index in [2.05, 4.69) is 4.74 Å². The standard InChI is InChI=1S/C12H15NO3S/c1-8(12(15)16-2)17-7-9-3-5-10(6-4-9)11(13)14/h3-6,8H,7H2,1-2H3,(H2,13,14). The number of amides is 1. The first-order chi connectivity index (χ1) is 8.04. The van der Waals surface area contributed by atoms with Crippen molar-refractivity contribution in [1.82, 2.24) is 0 Å². The van der Waals surface area contributed by atoms with Crippen LogP contribution in [0.5, 0.6) is 0 Å². The molecule has 92 valence electrons. The Bertz CT molecular complexity index is 403. The third-order valence-electron chi connectivity index (χ3n) is 2.27. The molecule has 4 nitrogen and oxygen atoms in total. The maximum absolute atomic E-state index is 11.2. The second-order valence-electron chi connectivity index (χ2n) is 3.54. The van der Waals surface area contributed by atoms with E-state index < -0.39 is 5.91 Å². The van der Waals surface area contributed by atoms with Crippen molar-refractivity contribution in [2.24, 2.45) is 5.73 Å². The molecule has 0 fully saturated rings. The fraction of sp³-hybridized carbons (Fsp3) is 0.333. The number of nitrogens with two attached hydrogens (primary N) is 1. The molecule has 0 heterocycles. The van der Waals surface area contributed by atoms with Gasteiger partial charge in [0, 0.05) is 11.3 Å². The van der Waals surface area contributed by atoms with Crippen LogP contribution in [0, 0.1) is 0 Å². The summed E-state index contributed by atoms with van der Waals surface area (Å²) < 4.78 is 4.63. The monoisotopic (exact) mass is 253 g/mol. The average molecular weight is 253 g/mol. The van der Waals surface area contributed by atoms with Gasteiger partial charge in [0.2, 0.25) is 5.91 Å². The third kappa shape index (κ3) is 4.11. The number of hydrogen-bond acceptors (Lipinski definition) is 4. The Morgan fingerprint density at radius 2 is 1.94 bits per heavy atom. The lowest BCUT2D eigenvalue weighted by Gasteiger charge is -2.08. The van der Waals surface area contributed by atoms with Gasteiger partial charge in [-0.25, -0.2) is 0 Å². The van der Waals surface area contributed by atoms with Crippen LogP contribution in [0.15, 0.2) is 24.3 Å². The highest BCUT2D eigenvalue weighted by Crippen LogP contribution is 2.18. The minimum atomic E-state index is -0.438. The molecule has 0 saturated heterocycles. The summed E-state index contributed by atoms with van der Waals surface area (Å²) in [7, 11) is 1.38. The van der Waals surface area contributed by atoms with E-state index in [1.807, 2.05) is 12.1 Å². The Morgan fingerprint density at radius 3 is 2.41 bits per heavy atom. The van der Waals surface area contributed by atoms with E-state index in [4.69, 9.17) is 5.73 Å². The smallest absolute Gasteiger partial charge is 0.318 e. The molecular weight excluding hydrogens is 238 g/mol. The molecular formula is C12H15NO3S. The molecule has 1 aromatic rings. The predicted molar refractivity (Wildman–Crippen MR) is 67.7 cm³/mol. The molecule has 0 aliphatic rings. The molecule has 1 unspecified atom stereocenters. The number of esters is 1. The van der Waals surface area contributed by atoms with Crippen molar-refractivity contribution in [1.29, 1.82) is 0 Å². The number of rotatable bonds is 5. The Kier molecular flexibility index (Phi) is 5.03. The van der Waals surface area contributed by atoms with Crippen molar-refractivity contribution in [3.8, 4) is 0 Å². The van der Waals surface area contributed by atoms with Crippen LogP contribution in [-0.2, 0) is 15.3 Å². The van der Waals surface area contributed by atoms with Gasteiger partial charge in [-0.1, -0.05) is 12.1 Å². The van der Waals surface area contributed by atoms with E-state index in [1.165, 1.54) is 18.9 Å². The van der Waals surface area contributed by atoms with Gasteiger partial charge in [-0.15, -0.1) is 11.8 Å². The molecule has 0 saturated carbocycles. The normalized spacial score (nSPS) is 11.9. The molecule has 0 aliphatic heterocycles. The number of carbonyl (C=O) groups is 2. The lowest BCUT2D eigenvalue weighted by molar-refractivity contribution is -0.139. The number of hydrogen-bond donors (Lipinski definition) is 1. The van der Waals surface area contributed by atoms with Crippen molar-refractivity contribution < 1.29 is 14.3 Å². The zero-order valence-electron chi connectivity index (χ0n) is 9.80. The van der Waals surface area contributed by atoms with Crippen molar-refractivity contribution in [2.75, 3.05) is 7.11 Å². The minimum absolute atomic E-state index is 0.198. The first-order valence-electron chi connectivity index (χ1n) is 5.12. The Balaban J connectivity index is 2.53. The van der Waals surface area contributed by atoms with Crippen LogP contribution in [0.25, 0.3) is 0 Å². The minimum Gasteiger partial charge on any atom is -0.468 e. The van der Waals surface area contributed by atoms with Crippen LogP contribution < -0.4 is 5.73 Å². The quantitative estimate of drug-likeness (QED) is 0.809. The number of benzene rings is 1. The maximum atomic E-state index is 11.2. The summed E-state index contributed by atoms with van der Waals surface area (Å²) in [6.45, 7) is 1.80. The fourth-order valence-electron chi connectivity index (χ4n) is 1.22. The van der Waals surface area contributed by atoms with Crippen LogP contribution in [-0.4, -0.2) is 24.2 Å². The Hall–Kier alpha value is -1.49. The highest BCUT2D eigenvalue weighted by atomic mass is 32.2. The number of ether oxygens (including phenoxy) is 1. The lowest BCUT2D eigenvalue weighted by atomic mass is 10.1. The van der Waals surface area contributed by atoms with Gasteiger partial charge >= 0.3 is 5.97 Å². The van der Waals surface area contributed by atoms with Crippen molar-refractivity contribution in [3.63, 3.8) is 0 Å². The SMILES string of the molecule is COC(=O)C(C)SCc1ccc(C(N)=O)cc1. The van der Waals surface area contributed by atoms with E-state index in [0.717, 1.165) is 5.56 Å². The second kappa shape index (κ2) is 6.30. The van der Waals surface area contributed by atoms with E-state index >= 15 is 0 Å². The highest BCUT2D eigenvalue weighted by Gasteiger charge is 2.13. The summed E-state index contributed by atoms with van der Waals surface area (Å²) in [5.41, 5.74) is 6.66. The van der Waals surface area contributed by atoms with Gasteiger partial charge in [0.1, 0.15) is 0 Å². The molecule has 1 aromatic carbocycles. The number of primary amides is 1. The Morgan fingerprint density at radius 1 is 1.35 bits per heavy atom. The lowest BCUT2D eigenvalue weighted by Crippen LogP contribution is -2.14. The van der Waals surface area contributed by atoms with Crippen LogP contribution in [0.2, 0.25) is 0 Å². The molecule has 1 amide bonds. The van der Waals surface area contributed by atoms with Gasteiger partial charge in [0.05, 0.1) is 12.4 Å². The van der Waals surface area contributed by atoms with Crippen molar-refractivity contribution >= 4 is 23.6 Å². The van der Waals surface area contributed by atoms with E-state index in [-0.39, 0.29) is 11.2 Å². The zero-order chi connectivity index (χ0) is 12.8. The zero-order valence-corrected chi connectivity index (χ0v) is 10.6. The van der Waals surface area contributed by atoms with Crippen LogP contribution in [0.4, 0.5) is 0 Å². The molecule has 1 atom stereocenters. The van der Waals surface area contributed by atoms with Gasteiger partial charge in [-0.2, -0.15) is 0 Å². The van der Waals surface area contributed by atoms with Gasteiger partial charge in [0.25, 0.3) is 0 Å². The molecule has 0 radical (unpaired) electrons. The summed E-state index contributed by atoms with van der Waals surface area (Å²) in [5.74, 6) is 0.0193. The molecule has 5 heteroatoms. The van der Waals surface area contributed by atoms with Crippen LogP contribution in [0.1, 0.15) is 22.8 Å². The molecule has 2 N–H and O–H groups in total.